The maximum absolute atomic E-state index is 12.2. The average molecular weight is 244 g/mol. The van der Waals surface area contributed by atoms with E-state index in [-0.39, 0.29) is 11.9 Å². The predicted molar refractivity (Wildman–Crippen MR) is 74.7 cm³/mol. The Morgan fingerprint density at radius 3 is 2.78 bits per heavy atom. The first kappa shape index (κ1) is 12.7. The Morgan fingerprint density at radius 2 is 2.11 bits per heavy atom. The molecule has 1 aromatic heterocycles. The molecular weight excluding hydrogens is 224 g/mol. The summed E-state index contributed by atoms with van der Waals surface area (Å²) in [6.45, 7) is 6.35. The lowest BCUT2D eigenvalue weighted by Gasteiger charge is -2.20. The molecule has 1 unspecified atom stereocenters. The van der Waals surface area contributed by atoms with E-state index in [1.165, 1.54) is 0 Å². The van der Waals surface area contributed by atoms with Crippen LogP contribution in [0, 0.1) is 5.92 Å². The number of benzene rings is 1. The number of H-pyrrole nitrogens is 1. The van der Waals surface area contributed by atoms with Crippen molar-refractivity contribution in [3.63, 3.8) is 0 Å². The summed E-state index contributed by atoms with van der Waals surface area (Å²) < 4.78 is 0. The molecule has 1 aromatic carbocycles. The summed E-state index contributed by atoms with van der Waals surface area (Å²) in [6, 6.07) is 7.98. The fourth-order valence-electron chi connectivity index (χ4n) is 2.18. The zero-order valence-electron chi connectivity index (χ0n) is 11.2. The molecule has 0 saturated heterocycles. The molecule has 0 saturated carbocycles. The van der Waals surface area contributed by atoms with Crippen molar-refractivity contribution in [1.82, 2.24) is 10.3 Å². The molecule has 0 aliphatic heterocycles. The third-order valence-corrected chi connectivity index (χ3v) is 3.38. The smallest absolute Gasteiger partial charge is 0.251 e. The van der Waals surface area contributed by atoms with Gasteiger partial charge in [-0.1, -0.05) is 26.8 Å². The molecule has 0 fully saturated rings. The zero-order valence-corrected chi connectivity index (χ0v) is 11.2. The summed E-state index contributed by atoms with van der Waals surface area (Å²) >= 11 is 0. The van der Waals surface area contributed by atoms with Crippen LogP contribution in [0.25, 0.3) is 10.9 Å². The van der Waals surface area contributed by atoms with Crippen molar-refractivity contribution >= 4 is 16.8 Å². The van der Waals surface area contributed by atoms with Crippen LogP contribution in [0.15, 0.2) is 30.5 Å². The molecule has 0 spiro atoms. The molecule has 0 bridgehead atoms. The van der Waals surface area contributed by atoms with Crippen molar-refractivity contribution in [1.29, 1.82) is 0 Å². The molecule has 2 N–H and O–H groups in total. The Kier molecular flexibility index (Phi) is 3.70. The van der Waals surface area contributed by atoms with Crippen molar-refractivity contribution in [2.45, 2.75) is 33.2 Å². The molecule has 0 aliphatic carbocycles. The van der Waals surface area contributed by atoms with Gasteiger partial charge in [-0.15, -0.1) is 0 Å². The van der Waals surface area contributed by atoms with E-state index in [9.17, 15) is 4.79 Å². The zero-order chi connectivity index (χ0) is 13.1. The average Bonchev–Trinajstić information content (AvgIpc) is 2.82. The number of fused-ring (bicyclic) bond motifs is 1. The monoisotopic (exact) mass is 244 g/mol. The van der Waals surface area contributed by atoms with Gasteiger partial charge in [0.25, 0.3) is 5.91 Å². The second-order valence-corrected chi connectivity index (χ2v) is 5.01. The number of rotatable bonds is 4. The van der Waals surface area contributed by atoms with Crippen LogP contribution in [0.3, 0.4) is 0 Å². The summed E-state index contributed by atoms with van der Waals surface area (Å²) in [7, 11) is 0. The van der Waals surface area contributed by atoms with Crippen LogP contribution in [-0.2, 0) is 0 Å². The van der Waals surface area contributed by atoms with Crippen molar-refractivity contribution in [2.75, 3.05) is 0 Å². The molecule has 1 atom stereocenters. The lowest BCUT2D eigenvalue weighted by atomic mass is 10.0. The molecule has 0 aliphatic rings. The predicted octanol–water partition coefficient (Wildman–Crippen LogP) is 3.33. The number of aromatic nitrogens is 1. The lowest BCUT2D eigenvalue weighted by Crippen LogP contribution is -2.37. The highest BCUT2D eigenvalue weighted by molar-refractivity contribution is 5.98. The maximum Gasteiger partial charge on any atom is 0.251 e. The Labute approximate surface area is 108 Å². The number of nitrogens with one attached hydrogen (secondary N) is 2. The van der Waals surface area contributed by atoms with Crippen LogP contribution in [0.1, 0.15) is 37.6 Å². The van der Waals surface area contributed by atoms with Gasteiger partial charge in [0, 0.05) is 23.3 Å². The van der Waals surface area contributed by atoms with E-state index in [1.54, 1.807) is 0 Å². The number of aromatic amines is 1. The van der Waals surface area contributed by atoms with Gasteiger partial charge in [-0.2, -0.15) is 0 Å². The van der Waals surface area contributed by atoms with Crippen LogP contribution >= 0.6 is 0 Å². The topological polar surface area (TPSA) is 44.9 Å². The number of hydrogen-bond donors (Lipinski definition) is 2. The first-order valence-corrected chi connectivity index (χ1v) is 6.49. The maximum atomic E-state index is 12.2. The minimum Gasteiger partial charge on any atom is -0.361 e. The minimum absolute atomic E-state index is 0.00653. The van der Waals surface area contributed by atoms with Crippen molar-refractivity contribution in [3.05, 3.63) is 36.0 Å². The first-order valence-electron chi connectivity index (χ1n) is 6.49. The lowest BCUT2D eigenvalue weighted by molar-refractivity contribution is 0.0924. The summed E-state index contributed by atoms with van der Waals surface area (Å²) in [5.41, 5.74) is 1.71. The summed E-state index contributed by atoms with van der Waals surface area (Å²) in [5, 5.41) is 4.21. The molecule has 1 heterocycles. The third kappa shape index (κ3) is 2.55. The standard InChI is InChI=1S/C15H20N2O/c1-4-13(10(2)3)17-15(18)12-6-5-11-7-8-16-14(11)9-12/h5-10,13,16H,4H2,1-3H3,(H,17,18). The molecule has 96 valence electrons. The van der Waals surface area contributed by atoms with E-state index in [0.717, 1.165) is 17.3 Å². The molecular formula is C15H20N2O. The van der Waals surface area contributed by atoms with E-state index in [0.29, 0.717) is 11.5 Å². The van der Waals surface area contributed by atoms with Gasteiger partial charge < -0.3 is 10.3 Å². The number of carbonyl (C=O) groups is 1. The van der Waals surface area contributed by atoms with Gasteiger partial charge in [0.05, 0.1) is 0 Å². The fraction of sp³-hybridized carbons (Fsp3) is 0.400. The highest BCUT2D eigenvalue weighted by atomic mass is 16.1. The SMILES string of the molecule is CCC(NC(=O)c1ccc2cc[nH]c2c1)C(C)C. The summed E-state index contributed by atoms with van der Waals surface area (Å²) in [6.07, 6.45) is 2.84. The first-order chi connectivity index (χ1) is 8.61. The fourth-order valence-corrected chi connectivity index (χ4v) is 2.18. The van der Waals surface area contributed by atoms with Crippen molar-refractivity contribution in [2.24, 2.45) is 5.92 Å². The third-order valence-electron chi connectivity index (χ3n) is 3.38. The van der Waals surface area contributed by atoms with Gasteiger partial charge >= 0.3 is 0 Å². The molecule has 2 aromatic rings. The van der Waals surface area contributed by atoms with Gasteiger partial charge in [0.15, 0.2) is 0 Å². The van der Waals surface area contributed by atoms with Crippen LogP contribution in [-0.4, -0.2) is 16.9 Å². The Balaban J connectivity index is 2.17. The second-order valence-electron chi connectivity index (χ2n) is 5.01. The molecule has 3 heteroatoms. The van der Waals surface area contributed by atoms with Gasteiger partial charge in [-0.05, 0) is 35.9 Å². The number of amides is 1. The van der Waals surface area contributed by atoms with Gasteiger partial charge in [0.2, 0.25) is 0 Å². The van der Waals surface area contributed by atoms with Crippen LogP contribution in [0.2, 0.25) is 0 Å². The highest BCUT2D eigenvalue weighted by Gasteiger charge is 2.15. The molecule has 18 heavy (non-hydrogen) atoms. The van der Waals surface area contributed by atoms with E-state index < -0.39 is 0 Å². The Bertz CT molecular complexity index is 542. The van der Waals surface area contributed by atoms with Crippen molar-refractivity contribution < 1.29 is 4.79 Å². The minimum atomic E-state index is 0.00653. The van der Waals surface area contributed by atoms with E-state index in [4.69, 9.17) is 0 Å². The molecule has 0 radical (unpaired) electrons. The molecule has 1 amide bonds. The van der Waals surface area contributed by atoms with E-state index in [1.807, 2.05) is 30.5 Å². The quantitative estimate of drug-likeness (QED) is 0.851. The Morgan fingerprint density at radius 1 is 1.33 bits per heavy atom. The Hall–Kier alpha value is -1.77. The molecule has 3 nitrogen and oxygen atoms in total. The second kappa shape index (κ2) is 5.25. The highest BCUT2D eigenvalue weighted by Crippen LogP contribution is 2.15. The van der Waals surface area contributed by atoms with Gasteiger partial charge in [0.1, 0.15) is 0 Å². The van der Waals surface area contributed by atoms with Crippen LogP contribution in [0.4, 0.5) is 0 Å². The molecule has 2 rings (SSSR count). The van der Waals surface area contributed by atoms with E-state index in [2.05, 4.69) is 31.1 Å². The normalized spacial score (nSPS) is 12.9. The van der Waals surface area contributed by atoms with Crippen LogP contribution < -0.4 is 5.32 Å². The van der Waals surface area contributed by atoms with Crippen LogP contribution in [0.5, 0.6) is 0 Å². The summed E-state index contributed by atoms with van der Waals surface area (Å²) in [4.78, 5) is 15.3. The van der Waals surface area contributed by atoms with Gasteiger partial charge in [-0.3, -0.25) is 4.79 Å². The van der Waals surface area contributed by atoms with Gasteiger partial charge in [-0.25, -0.2) is 0 Å². The number of carbonyl (C=O) groups excluding carboxylic acids is 1. The summed E-state index contributed by atoms with van der Waals surface area (Å²) in [5.74, 6) is 0.459. The largest absolute Gasteiger partial charge is 0.361 e. The van der Waals surface area contributed by atoms with E-state index >= 15 is 0 Å². The number of hydrogen-bond acceptors (Lipinski definition) is 1. The van der Waals surface area contributed by atoms with Crippen molar-refractivity contribution in [3.8, 4) is 0 Å².